The maximum Gasteiger partial charge on any atom is 1.00 e. The largest absolute Gasteiger partial charge is 1.00 e. The number of benzene rings is 1. The Bertz CT molecular complexity index is 353. The quantitative estimate of drug-likeness (QED) is 0.426. The third-order valence-electron chi connectivity index (χ3n) is 1.91. The van der Waals surface area contributed by atoms with Crippen molar-refractivity contribution in [2.45, 2.75) is 6.42 Å². The van der Waals surface area contributed by atoms with Gasteiger partial charge in [-0.25, -0.2) is 0 Å². The summed E-state index contributed by atoms with van der Waals surface area (Å²) in [6.45, 7) is 3.88. The molecule has 13 heavy (non-hydrogen) atoms. The summed E-state index contributed by atoms with van der Waals surface area (Å²) in [5, 5.41) is 0. The summed E-state index contributed by atoms with van der Waals surface area (Å²) in [7, 11) is 0. The Morgan fingerprint density at radius 2 is 2.15 bits per heavy atom. The van der Waals surface area contributed by atoms with Crippen LogP contribution in [0.2, 0.25) is 0 Å². The molecule has 0 aromatic heterocycles. The molecular formula is C11H10KN. The van der Waals surface area contributed by atoms with Crippen LogP contribution >= 0.6 is 0 Å². The van der Waals surface area contributed by atoms with Gasteiger partial charge in [0.25, 0.3) is 0 Å². The van der Waals surface area contributed by atoms with Crippen molar-refractivity contribution in [1.82, 2.24) is 0 Å². The van der Waals surface area contributed by atoms with Crippen LogP contribution in [0.5, 0.6) is 0 Å². The van der Waals surface area contributed by atoms with E-state index in [-0.39, 0.29) is 51.4 Å². The van der Waals surface area contributed by atoms with Gasteiger partial charge in [-0.2, -0.15) is 24.6 Å². The summed E-state index contributed by atoms with van der Waals surface area (Å²) in [5.41, 5.74) is 3.37. The number of hydrogen-bond donors (Lipinski definition) is 0. The average Bonchev–Trinajstić information content (AvgIpc) is 2.56. The van der Waals surface area contributed by atoms with Gasteiger partial charge in [0.15, 0.2) is 0 Å². The second kappa shape index (κ2) is 5.13. The topological polar surface area (TPSA) is 12.4 Å². The molecular weight excluding hydrogens is 185 g/mol. The molecule has 60 valence electrons. The third kappa shape index (κ3) is 2.79. The van der Waals surface area contributed by atoms with Crippen LogP contribution in [-0.2, 0) is 0 Å². The number of aliphatic imine (C=N–C) groups is 1. The Kier molecular flexibility index (Phi) is 4.42. The molecule has 0 saturated heterocycles. The second-order valence-corrected chi connectivity index (χ2v) is 2.87. The van der Waals surface area contributed by atoms with E-state index in [0.29, 0.717) is 0 Å². The summed E-state index contributed by atoms with van der Waals surface area (Å²) in [4.78, 5) is 4.26. The standard InChI is InChI=1S/C11H10N.K/c1-9-4-2-5-10(8-9)11-6-3-7-12-11;/h2-5,7-8H,1,6H2;/q-1;+1. The minimum absolute atomic E-state index is 0. The predicted molar refractivity (Wildman–Crippen MR) is 51.2 cm³/mol. The van der Waals surface area contributed by atoms with Gasteiger partial charge >= 0.3 is 51.4 Å². The molecule has 1 heterocycles. The van der Waals surface area contributed by atoms with Crippen molar-refractivity contribution in [1.29, 1.82) is 0 Å². The van der Waals surface area contributed by atoms with Crippen molar-refractivity contribution in [3.8, 4) is 0 Å². The van der Waals surface area contributed by atoms with E-state index in [1.54, 1.807) is 0 Å². The number of rotatable bonds is 1. The van der Waals surface area contributed by atoms with Crippen LogP contribution in [-0.4, -0.2) is 5.71 Å². The second-order valence-electron chi connectivity index (χ2n) is 2.87. The van der Waals surface area contributed by atoms with Gasteiger partial charge in [0.2, 0.25) is 0 Å². The molecule has 1 aliphatic rings. The van der Waals surface area contributed by atoms with Crippen molar-refractivity contribution in [3.05, 3.63) is 54.6 Å². The molecule has 0 N–H and O–H groups in total. The Hall–Kier alpha value is 0.136. The van der Waals surface area contributed by atoms with Crippen LogP contribution in [0.1, 0.15) is 17.5 Å². The average molecular weight is 195 g/mol. The molecule has 1 nitrogen and oxygen atoms in total. The smallest absolute Gasteiger partial charge is 0.262 e. The van der Waals surface area contributed by atoms with Crippen LogP contribution in [0.3, 0.4) is 0 Å². The molecule has 0 spiro atoms. The van der Waals surface area contributed by atoms with E-state index in [0.717, 1.165) is 17.7 Å². The number of allylic oxidation sites excluding steroid dienone is 1. The van der Waals surface area contributed by atoms with Crippen LogP contribution in [0, 0.1) is 6.92 Å². The van der Waals surface area contributed by atoms with Gasteiger partial charge in [-0.05, 0) is 0 Å². The van der Waals surface area contributed by atoms with Crippen molar-refractivity contribution >= 4 is 5.71 Å². The number of hydrogen-bond acceptors (Lipinski definition) is 1. The molecule has 0 saturated carbocycles. The molecule has 0 atom stereocenters. The first-order chi connectivity index (χ1) is 5.86. The fourth-order valence-electron chi connectivity index (χ4n) is 1.30. The molecule has 0 aliphatic carbocycles. The van der Waals surface area contributed by atoms with E-state index < -0.39 is 0 Å². The fraction of sp³-hybridized carbons (Fsp3) is 0.0909. The van der Waals surface area contributed by atoms with E-state index in [4.69, 9.17) is 0 Å². The van der Waals surface area contributed by atoms with Gasteiger partial charge in [-0.1, -0.05) is 17.7 Å². The maximum atomic E-state index is 4.26. The normalized spacial score (nSPS) is 13.7. The molecule has 1 aliphatic heterocycles. The van der Waals surface area contributed by atoms with Crippen molar-refractivity contribution in [2.24, 2.45) is 4.99 Å². The van der Waals surface area contributed by atoms with Crippen LogP contribution in [0.25, 0.3) is 0 Å². The molecule has 2 heteroatoms. The molecule has 1 aromatic rings. The summed E-state index contributed by atoms with van der Waals surface area (Å²) < 4.78 is 0. The van der Waals surface area contributed by atoms with Gasteiger partial charge in [0.05, 0.1) is 0 Å². The third-order valence-corrected chi connectivity index (χ3v) is 1.91. The van der Waals surface area contributed by atoms with E-state index in [1.165, 1.54) is 5.56 Å². The van der Waals surface area contributed by atoms with Crippen LogP contribution in [0.4, 0.5) is 0 Å². The monoisotopic (exact) mass is 195 g/mol. The van der Waals surface area contributed by atoms with E-state index >= 15 is 0 Å². The van der Waals surface area contributed by atoms with Crippen molar-refractivity contribution in [2.75, 3.05) is 0 Å². The minimum Gasteiger partial charge on any atom is -0.262 e. The summed E-state index contributed by atoms with van der Waals surface area (Å²) in [5.74, 6) is 0. The summed E-state index contributed by atoms with van der Waals surface area (Å²) in [6, 6.07) is 8.14. The number of nitrogens with zero attached hydrogens (tertiary/aromatic N) is 1. The molecule has 0 unspecified atom stereocenters. The van der Waals surface area contributed by atoms with Crippen molar-refractivity contribution in [3.63, 3.8) is 0 Å². The zero-order valence-electron chi connectivity index (χ0n) is 7.83. The minimum atomic E-state index is 0. The van der Waals surface area contributed by atoms with E-state index in [9.17, 15) is 0 Å². The van der Waals surface area contributed by atoms with Crippen LogP contribution < -0.4 is 51.4 Å². The molecule has 0 fully saturated rings. The molecule has 0 radical (unpaired) electrons. The molecule has 2 rings (SSSR count). The van der Waals surface area contributed by atoms with Crippen molar-refractivity contribution < 1.29 is 51.4 Å². The van der Waals surface area contributed by atoms with E-state index in [1.807, 2.05) is 18.3 Å². The van der Waals surface area contributed by atoms with Gasteiger partial charge in [0.1, 0.15) is 0 Å². The Morgan fingerprint density at radius 1 is 1.31 bits per heavy atom. The van der Waals surface area contributed by atoms with Crippen LogP contribution in [0.15, 0.2) is 41.5 Å². The Morgan fingerprint density at radius 3 is 2.77 bits per heavy atom. The zero-order chi connectivity index (χ0) is 8.39. The maximum absolute atomic E-state index is 4.26. The summed E-state index contributed by atoms with van der Waals surface area (Å²) >= 11 is 0. The molecule has 0 bridgehead atoms. The van der Waals surface area contributed by atoms with Gasteiger partial charge in [-0.15, -0.1) is 6.07 Å². The molecule has 0 amide bonds. The first-order valence-electron chi connectivity index (χ1n) is 4.00. The SMILES string of the molecule is [CH2-]c1cccc(C2=NC=CC2)c1.[K+]. The van der Waals surface area contributed by atoms with Gasteiger partial charge < -0.3 is 0 Å². The van der Waals surface area contributed by atoms with Gasteiger partial charge in [0, 0.05) is 18.3 Å². The first kappa shape index (κ1) is 11.2. The first-order valence-corrected chi connectivity index (χ1v) is 4.00. The Balaban J connectivity index is 0.000000845. The predicted octanol–water partition coefficient (Wildman–Crippen LogP) is -0.421. The Labute approximate surface area is 121 Å². The fourth-order valence-corrected chi connectivity index (χ4v) is 1.30. The van der Waals surface area contributed by atoms with Gasteiger partial charge in [-0.3, -0.25) is 4.99 Å². The molecule has 1 aromatic carbocycles. The summed E-state index contributed by atoms with van der Waals surface area (Å²) in [6.07, 6.45) is 4.86. The van der Waals surface area contributed by atoms with E-state index in [2.05, 4.69) is 30.1 Å². The zero-order valence-corrected chi connectivity index (χ0v) is 10.9.